The molecule has 2 aliphatic rings. The van der Waals surface area contributed by atoms with Crippen LogP contribution >= 0.6 is 0 Å². The van der Waals surface area contributed by atoms with Crippen molar-refractivity contribution in [1.82, 2.24) is 0 Å². The molecule has 0 saturated carbocycles. The van der Waals surface area contributed by atoms with Gasteiger partial charge in [0.25, 0.3) is 0 Å². The van der Waals surface area contributed by atoms with E-state index >= 15 is 0 Å². The van der Waals surface area contributed by atoms with Crippen molar-refractivity contribution in [3.63, 3.8) is 0 Å². The zero-order chi connectivity index (χ0) is 14.8. The fraction of sp³-hybridized carbons (Fsp3) is 0.556. The van der Waals surface area contributed by atoms with Crippen LogP contribution in [0.2, 0.25) is 13.1 Å². The van der Waals surface area contributed by atoms with Crippen molar-refractivity contribution in [3.05, 3.63) is 46.7 Å². The van der Waals surface area contributed by atoms with Crippen molar-refractivity contribution in [3.8, 4) is 0 Å². The van der Waals surface area contributed by atoms with Gasteiger partial charge in [0.05, 0.1) is 5.22 Å². The minimum absolute atomic E-state index is 0.0664. The van der Waals surface area contributed by atoms with E-state index in [2.05, 4.69) is 64.2 Å². The second-order valence-electron chi connectivity index (χ2n) is 6.58. The smallest absolute Gasteiger partial charge is 0.122 e. The maximum atomic E-state index is 6.53. The predicted molar refractivity (Wildman–Crippen MR) is 90.4 cm³/mol. The maximum absolute atomic E-state index is 6.53. The van der Waals surface area contributed by atoms with E-state index < -0.39 is 8.07 Å². The first-order valence-corrected chi connectivity index (χ1v) is 10.8. The first-order valence-electron chi connectivity index (χ1n) is 7.80. The third-order valence-corrected chi connectivity index (χ3v) is 9.42. The lowest BCUT2D eigenvalue weighted by Crippen LogP contribution is -2.58. The molecule has 0 bridgehead atoms. The Bertz CT molecular complexity index is 494. The predicted octanol–water partition coefficient (Wildman–Crippen LogP) is 5.12. The lowest BCUT2D eigenvalue weighted by molar-refractivity contribution is 0.0378. The molecule has 0 radical (unpaired) electrons. The van der Waals surface area contributed by atoms with Crippen molar-refractivity contribution < 1.29 is 4.74 Å². The molecule has 0 spiro atoms. The average molecular weight is 289 g/mol. The van der Waals surface area contributed by atoms with E-state index in [9.17, 15) is 0 Å². The Morgan fingerprint density at radius 2 is 2.00 bits per heavy atom. The highest BCUT2D eigenvalue weighted by Gasteiger charge is 2.50. The fourth-order valence-electron chi connectivity index (χ4n) is 3.51. The van der Waals surface area contributed by atoms with Gasteiger partial charge in [-0.15, -0.1) is 0 Å². The molecule has 0 aromatic heterocycles. The van der Waals surface area contributed by atoms with Gasteiger partial charge >= 0.3 is 0 Å². The molecule has 0 fully saturated rings. The number of ether oxygens (including phenoxy) is 1. The van der Waals surface area contributed by atoms with E-state index in [0.29, 0.717) is 0 Å². The summed E-state index contributed by atoms with van der Waals surface area (Å²) in [5.41, 5.74) is 2.79. The number of hydrogen-bond acceptors (Lipinski definition) is 1. The highest BCUT2D eigenvalue weighted by atomic mass is 28.3. The zero-order valence-electron chi connectivity index (χ0n) is 13.6. The summed E-state index contributed by atoms with van der Waals surface area (Å²) in [6.45, 7) is 12.4. The third-order valence-electron chi connectivity index (χ3n) is 4.85. The first-order chi connectivity index (χ1) is 9.44. The maximum Gasteiger partial charge on any atom is 0.122 e. The van der Waals surface area contributed by atoms with E-state index in [-0.39, 0.29) is 5.22 Å². The largest absolute Gasteiger partial charge is 0.374 e. The first kappa shape index (κ1) is 15.5. The Morgan fingerprint density at radius 1 is 1.25 bits per heavy atom. The molecule has 0 heterocycles. The third kappa shape index (κ3) is 2.51. The molecule has 2 rings (SSSR count). The highest BCUT2D eigenvalue weighted by molar-refractivity contribution is 6.88. The van der Waals surface area contributed by atoms with Crippen LogP contribution in [0.5, 0.6) is 0 Å². The summed E-state index contributed by atoms with van der Waals surface area (Å²) in [5, 5.41) is 1.48. The van der Waals surface area contributed by atoms with Crippen molar-refractivity contribution >= 4 is 8.07 Å². The van der Waals surface area contributed by atoms with Crippen LogP contribution in [0.15, 0.2) is 46.7 Å². The van der Waals surface area contributed by atoms with E-state index in [1.807, 2.05) is 0 Å². The lowest BCUT2D eigenvalue weighted by Gasteiger charge is -2.48. The van der Waals surface area contributed by atoms with Crippen LogP contribution < -0.4 is 0 Å². The highest BCUT2D eigenvalue weighted by Crippen LogP contribution is 2.44. The summed E-state index contributed by atoms with van der Waals surface area (Å²) in [4.78, 5) is 0. The van der Waals surface area contributed by atoms with Crippen LogP contribution in [0, 0.1) is 0 Å². The van der Waals surface area contributed by atoms with Crippen LogP contribution in [0.25, 0.3) is 0 Å². The molecule has 20 heavy (non-hydrogen) atoms. The second-order valence-corrected chi connectivity index (χ2v) is 11.2. The minimum Gasteiger partial charge on any atom is -0.374 e. The Labute approximate surface area is 125 Å². The standard InChI is InChI=1S/C18H28OSi/c1-6-13-19-18(12-11-15(2)14-16(18)3)20(4,5)17-9-7-8-10-17/h7,9-11,14H,6,8,12-13H2,1-5H3. The van der Waals surface area contributed by atoms with Gasteiger partial charge in [0.1, 0.15) is 8.07 Å². The zero-order valence-corrected chi connectivity index (χ0v) is 14.6. The topological polar surface area (TPSA) is 9.23 Å². The summed E-state index contributed by atoms with van der Waals surface area (Å²) in [5.74, 6) is 0. The van der Waals surface area contributed by atoms with Crippen LogP contribution in [-0.2, 0) is 4.74 Å². The monoisotopic (exact) mass is 288 g/mol. The Hall–Kier alpha value is -0.863. The molecule has 0 aromatic carbocycles. The van der Waals surface area contributed by atoms with Crippen molar-refractivity contribution in [2.24, 2.45) is 0 Å². The molecular formula is C18H28OSi. The second kappa shape index (κ2) is 5.86. The molecule has 0 saturated heterocycles. The molecule has 2 aliphatic carbocycles. The number of allylic oxidation sites excluding steroid dienone is 6. The van der Waals surface area contributed by atoms with Gasteiger partial charge < -0.3 is 4.74 Å². The van der Waals surface area contributed by atoms with Crippen LogP contribution in [-0.4, -0.2) is 19.9 Å². The molecule has 1 nitrogen and oxygen atoms in total. The van der Waals surface area contributed by atoms with Gasteiger partial charge in [-0.2, -0.15) is 0 Å². The fourth-order valence-corrected chi connectivity index (χ4v) is 7.28. The summed E-state index contributed by atoms with van der Waals surface area (Å²) < 4.78 is 6.53. The van der Waals surface area contributed by atoms with Gasteiger partial charge in [-0.3, -0.25) is 0 Å². The Morgan fingerprint density at radius 3 is 2.55 bits per heavy atom. The molecule has 110 valence electrons. The van der Waals surface area contributed by atoms with Crippen LogP contribution in [0.3, 0.4) is 0 Å². The van der Waals surface area contributed by atoms with Gasteiger partial charge in [-0.05, 0) is 38.7 Å². The lowest BCUT2D eigenvalue weighted by atomic mass is 9.97. The van der Waals surface area contributed by atoms with E-state index in [1.54, 1.807) is 5.20 Å². The summed E-state index contributed by atoms with van der Waals surface area (Å²) in [6, 6.07) is 0. The minimum atomic E-state index is -1.71. The normalized spacial score (nSPS) is 26.4. The molecule has 1 atom stereocenters. The summed E-state index contributed by atoms with van der Waals surface area (Å²) in [7, 11) is -1.71. The number of rotatable bonds is 5. The van der Waals surface area contributed by atoms with Crippen molar-refractivity contribution in [2.45, 2.75) is 58.4 Å². The van der Waals surface area contributed by atoms with Gasteiger partial charge in [0, 0.05) is 6.61 Å². The quantitative estimate of drug-likeness (QED) is 0.638. The van der Waals surface area contributed by atoms with Gasteiger partial charge in [-0.1, -0.05) is 61.2 Å². The average Bonchev–Trinajstić information content (AvgIpc) is 2.92. The molecular weight excluding hydrogens is 260 g/mol. The van der Waals surface area contributed by atoms with Gasteiger partial charge in [0.15, 0.2) is 0 Å². The van der Waals surface area contributed by atoms with Crippen LogP contribution in [0.1, 0.15) is 40.0 Å². The molecule has 2 heteroatoms. The molecule has 0 N–H and O–H groups in total. The number of hydrogen-bond donors (Lipinski definition) is 0. The SMILES string of the molecule is CCCOC1([Si](C)(C)C2=CCC=C2)CC=C(C)C=C1C. The summed E-state index contributed by atoms with van der Waals surface area (Å²) in [6.07, 6.45) is 14.9. The molecule has 0 aromatic rings. The van der Waals surface area contributed by atoms with E-state index in [1.165, 1.54) is 11.1 Å². The van der Waals surface area contributed by atoms with Crippen molar-refractivity contribution in [2.75, 3.05) is 6.61 Å². The van der Waals surface area contributed by atoms with Gasteiger partial charge in [0.2, 0.25) is 0 Å². The van der Waals surface area contributed by atoms with E-state index in [4.69, 9.17) is 4.74 Å². The molecule has 0 amide bonds. The van der Waals surface area contributed by atoms with Crippen molar-refractivity contribution in [1.29, 1.82) is 0 Å². The summed E-state index contributed by atoms with van der Waals surface area (Å²) >= 11 is 0. The van der Waals surface area contributed by atoms with Crippen LogP contribution in [0.4, 0.5) is 0 Å². The Kier molecular flexibility index (Phi) is 4.55. The Balaban J connectivity index is 2.42. The molecule has 0 aliphatic heterocycles. The van der Waals surface area contributed by atoms with Gasteiger partial charge in [-0.25, -0.2) is 0 Å². The molecule has 1 unspecified atom stereocenters. The van der Waals surface area contributed by atoms with E-state index in [0.717, 1.165) is 25.9 Å².